The maximum Gasteiger partial charge on any atom is 0.141 e. The molecule has 88 valence electrons. The van der Waals surface area contributed by atoms with E-state index in [1.54, 1.807) is 19.5 Å². The highest BCUT2D eigenvalue weighted by molar-refractivity contribution is 9.10. The Morgan fingerprint density at radius 1 is 1.29 bits per heavy atom. The van der Waals surface area contributed by atoms with E-state index in [0.29, 0.717) is 0 Å². The van der Waals surface area contributed by atoms with Gasteiger partial charge in [-0.15, -0.1) is 0 Å². The van der Waals surface area contributed by atoms with Crippen molar-refractivity contribution in [1.82, 2.24) is 4.98 Å². The molecule has 1 heterocycles. The molecule has 0 aliphatic rings. The Bertz CT molecular complexity index is 502. The Labute approximate surface area is 109 Å². The summed E-state index contributed by atoms with van der Waals surface area (Å²) in [4.78, 5) is 4.03. The fraction of sp³-hybridized carbons (Fsp3) is 0.154. The Morgan fingerprint density at radius 2 is 2.12 bits per heavy atom. The van der Waals surface area contributed by atoms with Crippen molar-refractivity contribution in [2.24, 2.45) is 0 Å². The predicted molar refractivity (Wildman–Crippen MR) is 72.3 cm³/mol. The van der Waals surface area contributed by atoms with Gasteiger partial charge in [-0.3, -0.25) is 4.98 Å². The van der Waals surface area contributed by atoms with Crippen molar-refractivity contribution in [3.8, 4) is 5.75 Å². The molecule has 2 rings (SSSR count). The molecule has 0 amide bonds. The highest BCUT2D eigenvalue weighted by Crippen LogP contribution is 2.24. The van der Waals surface area contributed by atoms with Crippen molar-refractivity contribution >= 4 is 21.6 Å². The number of hydrogen-bond acceptors (Lipinski definition) is 3. The van der Waals surface area contributed by atoms with Crippen LogP contribution in [0.15, 0.2) is 47.2 Å². The number of anilines is 1. The number of methoxy groups -OCH3 is 1. The second kappa shape index (κ2) is 5.68. The lowest BCUT2D eigenvalue weighted by Gasteiger charge is -2.11. The lowest BCUT2D eigenvalue weighted by Crippen LogP contribution is -2.02. The summed E-state index contributed by atoms with van der Waals surface area (Å²) < 4.78 is 6.28. The Kier molecular flexibility index (Phi) is 3.98. The molecule has 0 radical (unpaired) electrons. The molecule has 0 unspecified atom stereocenters. The first-order valence-corrected chi connectivity index (χ1v) is 6.06. The van der Waals surface area contributed by atoms with Crippen molar-refractivity contribution in [2.45, 2.75) is 6.54 Å². The predicted octanol–water partition coefficient (Wildman–Crippen LogP) is 3.46. The van der Waals surface area contributed by atoms with Crippen LogP contribution < -0.4 is 10.1 Å². The number of hydrogen-bond donors (Lipinski definition) is 1. The van der Waals surface area contributed by atoms with Crippen LogP contribution in [0.25, 0.3) is 0 Å². The molecule has 2 aromatic rings. The van der Waals surface area contributed by atoms with Crippen molar-refractivity contribution in [3.63, 3.8) is 0 Å². The fourth-order valence-electron chi connectivity index (χ4n) is 1.53. The lowest BCUT2D eigenvalue weighted by molar-refractivity contribution is 0.416. The fourth-order valence-corrected chi connectivity index (χ4v) is 1.92. The number of para-hydroxylation sites is 2. The number of halogens is 1. The molecule has 0 aliphatic heterocycles. The summed E-state index contributed by atoms with van der Waals surface area (Å²) in [6, 6.07) is 9.84. The first-order valence-electron chi connectivity index (χ1n) is 5.26. The van der Waals surface area contributed by atoms with Gasteiger partial charge in [-0.2, -0.15) is 0 Å². The third kappa shape index (κ3) is 2.97. The lowest BCUT2D eigenvalue weighted by atomic mass is 10.2. The molecule has 3 nitrogen and oxygen atoms in total. The molecule has 1 aromatic carbocycles. The highest BCUT2D eigenvalue weighted by Gasteiger charge is 2.02. The van der Waals surface area contributed by atoms with E-state index in [2.05, 4.69) is 26.2 Å². The van der Waals surface area contributed by atoms with Crippen LogP contribution in [0.5, 0.6) is 5.75 Å². The molecule has 0 fully saturated rings. The standard InChI is InChI=1S/C13H13BrN2O/c1-17-13-5-3-2-4-12(13)16-8-10-6-7-15-9-11(10)14/h2-7,9,16H,8H2,1H3. The van der Waals surface area contributed by atoms with Crippen LogP contribution in [0.3, 0.4) is 0 Å². The molecule has 1 N–H and O–H groups in total. The average Bonchev–Trinajstić information content (AvgIpc) is 2.38. The third-order valence-corrected chi connectivity index (χ3v) is 3.15. The number of rotatable bonds is 4. The van der Waals surface area contributed by atoms with Crippen LogP contribution in [0.1, 0.15) is 5.56 Å². The molecule has 4 heteroatoms. The van der Waals surface area contributed by atoms with Crippen LogP contribution >= 0.6 is 15.9 Å². The van der Waals surface area contributed by atoms with E-state index in [9.17, 15) is 0 Å². The topological polar surface area (TPSA) is 34.1 Å². The molecule has 0 bridgehead atoms. The minimum atomic E-state index is 0.726. The van der Waals surface area contributed by atoms with Gasteiger partial charge in [0, 0.05) is 23.4 Å². The number of pyridine rings is 1. The van der Waals surface area contributed by atoms with E-state index in [0.717, 1.165) is 28.0 Å². The van der Waals surface area contributed by atoms with Gasteiger partial charge in [0.05, 0.1) is 12.8 Å². The molecular formula is C13H13BrN2O. The minimum absolute atomic E-state index is 0.726. The van der Waals surface area contributed by atoms with Crippen molar-refractivity contribution in [3.05, 3.63) is 52.8 Å². The largest absolute Gasteiger partial charge is 0.495 e. The second-order valence-electron chi connectivity index (χ2n) is 3.52. The summed E-state index contributed by atoms with van der Waals surface area (Å²) in [5.74, 6) is 0.845. The smallest absolute Gasteiger partial charge is 0.141 e. The van der Waals surface area contributed by atoms with E-state index >= 15 is 0 Å². The van der Waals surface area contributed by atoms with E-state index < -0.39 is 0 Å². The van der Waals surface area contributed by atoms with Crippen molar-refractivity contribution in [2.75, 3.05) is 12.4 Å². The summed E-state index contributed by atoms with van der Waals surface area (Å²) in [5, 5.41) is 3.34. The summed E-state index contributed by atoms with van der Waals surface area (Å²) in [5.41, 5.74) is 2.14. The van der Waals surface area contributed by atoms with Gasteiger partial charge in [-0.05, 0) is 39.7 Å². The maximum absolute atomic E-state index is 5.28. The van der Waals surface area contributed by atoms with Crippen LogP contribution in [-0.2, 0) is 6.54 Å². The Hall–Kier alpha value is -1.55. The highest BCUT2D eigenvalue weighted by atomic mass is 79.9. The van der Waals surface area contributed by atoms with E-state index in [1.807, 2.05) is 30.3 Å². The van der Waals surface area contributed by atoms with Gasteiger partial charge in [0.25, 0.3) is 0 Å². The molecule has 1 aromatic heterocycles. The summed E-state index contributed by atoms with van der Waals surface area (Å²) >= 11 is 3.47. The van der Waals surface area contributed by atoms with E-state index in [1.165, 1.54) is 0 Å². The number of aromatic nitrogens is 1. The zero-order valence-corrected chi connectivity index (χ0v) is 11.1. The zero-order valence-electron chi connectivity index (χ0n) is 9.48. The average molecular weight is 293 g/mol. The molecule has 0 atom stereocenters. The summed E-state index contributed by atoms with van der Waals surface area (Å²) in [6.07, 6.45) is 3.57. The summed E-state index contributed by atoms with van der Waals surface area (Å²) in [7, 11) is 1.67. The molecule has 0 aliphatic carbocycles. The Balaban J connectivity index is 2.10. The van der Waals surface area contributed by atoms with E-state index in [4.69, 9.17) is 4.74 Å². The van der Waals surface area contributed by atoms with Crippen LogP contribution in [0.4, 0.5) is 5.69 Å². The number of benzene rings is 1. The van der Waals surface area contributed by atoms with Gasteiger partial charge in [0.15, 0.2) is 0 Å². The molecule has 17 heavy (non-hydrogen) atoms. The number of nitrogens with zero attached hydrogens (tertiary/aromatic N) is 1. The van der Waals surface area contributed by atoms with Gasteiger partial charge in [-0.1, -0.05) is 12.1 Å². The second-order valence-corrected chi connectivity index (χ2v) is 4.38. The van der Waals surface area contributed by atoms with E-state index in [-0.39, 0.29) is 0 Å². The molecule has 0 saturated carbocycles. The molecule has 0 saturated heterocycles. The first-order chi connectivity index (χ1) is 8.31. The van der Waals surface area contributed by atoms with Gasteiger partial charge < -0.3 is 10.1 Å². The van der Waals surface area contributed by atoms with Gasteiger partial charge in [-0.25, -0.2) is 0 Å². The molecular weight excluding hydrogens is 280 g/mol. The van der Waals surface area contributed by atoms with Gasteiger partial charge in [0.1, 0.15) is 5.75 Å². The normalized spacial score (nSPS) is 10.0. The van der Waals surface area contributed by atoms with Crippen LogP contribution in [-0.4, -0.2) is 12.1 Å². The zero-order chi connectivity index (χ0) is 12.1. The first kappa shape index (κ1) is 11.9. The van der Waals surface area contributed by atoms with Gasteiger partial charge >= 0.3 is 0 Å². The molecule has 0 spiro atoms. The van der Waals surface area contributed by atoms with Crippen LogP contribution in [0.2, 0.25) is 0 Å². The number of nitrogens with one attached hydrogen (secondary N) is 1. The quantitative estimate of drug-likeness (QED) is 0.937. The van der Waals surface area contributed by atoms with Gasteiger partial charge in [0.2, 0.25) is 0 Å². The third-order valence-electron chi connectivity index (χ3n) is 2.43. The monoisotopic (exact) mass is 292 g/mol. The number of ether oxygens (including phenoxy) is 1. The maximum atomic E-state index is 5.28. The van der Waals surface area contributed by atoms with Crippen molar-refractivity contribution in [1.29, 1.82) is 0 Å². The van der Waals surface area contributed by atoms with Crippen molar-refractivity contribution < 1.29 is 4.74 Å². The SMILES string of the molecule is COc1ccccc1NCc1ccncc1Br. The Morgan fingerprint density at radius 3 is 2.88 bits per heavy atom. The van der Waals surface area contributed by atoms with Crippen LogP contribution in [0, 0.1) is 0 Å². The minimum Gasteiger partial charge on any atom is -0.495 e. The summed E-state index contributed by atoms with van der Waals surface area (Å²) in [6.45, 7) is 0.726.